The lowest BCUT2D eigenvalue weighted by Crippen LogP contribution is -2.45. The van der Waals surface area contributed by atoms with E-state index in [1.54, 1.807) is 13.8 Å². The van der Waals surface area contributed by atoms with E-state index in [0.717, 1.165) is 0 Å². The minimum absolute atomic E-state index is 0.100. The zero-order valence-electron chi connectivity index (χ0n) is 9.96. The van der Waals surface area contributed by atoms with Gasteiger partial charge in [0.25, 0.3) is 0 Å². The molecule has 6 heteroatoms. The Kier molecular flexibility index (Phi) is 4.94. The summed E-state index contributed by atoms with van der Waals surface area (Å²) < 4.78 is 0. The number of carboxylic acid groups (broad SMARTS) is 1. The number of carbonyl (C=O) groups is 3. The van der Waals surface area contributed by atoms with Crippen molar-refractivity contribution < 1.29 is 19.5 Å². The van der Waals surface area contributed by atoms with Gasteiger partial charge in [-0.3, -0.25) is 14.4 Å². The Balaban J connectivity index is 4.30. The normalized spacial score (nSPS) is 12.8. The van der Waals surface area contributed by atoms with Crippen molar-refractivity contribution in [2.45, 2.75) is 20.8 Å². The van der Waals surface area contributed by atoms with Crippen LogP contribution in [-0.4, -0.2) is 36.5 Å². The molecule has 0 aromatic heterocycles. The molecule has 6 nitrogen and oxygen atoms in total. The summed E-state index contributed by atoms with van der Waals surface area (Å²) in [6.07, 6.45) is 0. The third kappa shape index (κ3) is 3.88. The quantitative estimate of drug-likeness (QED) is 0.560. The van der Waals surface area contributed by atoms with E-state index in [1.165, 1.54) is 14.0 Å². The molecule has 0 saturated heterocycles. The Hall–Kier alpha value is -1.59. The summed E-state index contributed by atoms with van der Waals surface area (Å²) in [6.45, 7) is 4.72. The summed E-state index contributed by atoms with van der Waals surface area (Å²) in [5.74, 6) is -3.10. The SMILES string of the molecule is CNC(=O)C(C)(C)CNC(=O)C(C)C(=O)O. The molecule has 0 aromatic carbocycles. The highest BCUT2D eigenvalue weighted by Gasteiger charge is 2.29. The molecule has 0 rings (SSSR count). The first kappa shape index (κ1) is 14.4. The lowest BCUT2D eigenvalue weighted by Gasteiger charge is -2.23. The molecule has 3 N–H and O–H groups in total. The van der Waals surface area contributed by atoms with Crippen LogP contribution in [0.4, 0.5) is 0 Å². The van der Waals surface area contributed by atoms with Gasteiger partial charge in [-0.05, 0) is 20.8 Å². The first-order valence-electron chi connectivity index (χ1n) is 4.95. The lowest BCUT2D eigenvalue weighted by molar-refractivity contribution is -0.146. The maximum absolute atomic E-state index is 11.4. The van der Waals surface area contributed by atoms with Crippen LogP contribution in [0.1, 0.15) is 20.8 Å². The number of aliphatic carboxylic acids is 1. The smallest absolute Gasteiger partial charge is 0.315 e. The summed E-state index contributed by atoms with van der Waals surface area (Å²) in [6, 6.07) is 0. The van der Waals surface area contributed by atoms with E-state index in [0.29, 0.717) is 0 Å². The van der Waals surface area contributed by atoms with Crippen molar-refractivity contribution in [3.05, 3.63) is 0 Å². The van der Waals surface area contributed by atoms with Crippen molar-refractivity contribution in [1.82, 2.24) is 10.6 Å². The first-order chi connectivity index (χ1) is 7.22. The van der Waals surface area contributed by atoms with Crippen molar-refractivity contribution in [3.8, 4) is 0 Å². The Morgan fingerprint density at radius 3 is 2.19 bits per heavy atom. The van der Waals surface area contributed by atoms with E-state index in [-0.39, 0.29) is 12.5 Å². The second-order valence-corrected chi connectivity index (χ2v) is 4.24. The summed E-state index contributed by atoms with van der Waals surface area (Å²) in [5.41, 5.74) is -0.761. The molecule has 2 amide bonds. The Morgan fingerprint density at radius 2 is 1.81 bits per heavy atom. The van der Waals surface area contributed by atoms with E-state index >= 15 is 0 Å². The average molecular weight is 230 g/mol. The number of rotatable bonds is 5. The molecule has 0 radical (unpaired) electrons. The van der Waals surface area contributed by atoms with E-state index in [1.807, 2.05) is 0 Å². The number of amides is 2. The molecular formula is C10H18N2O4. The monoisotopic (exact) mass is 230 g/mol. The van der Waals surface area contributed by atoms with Crippen LogP contribution >= 0.6 is 0 Å². The predicted molar refractivity (Wildman–Crippen MR) is 57.7 cm³/mol. The van der Waals surface area contributed by atoms with Crippen LogP contribution in [0.15, 0.2) is 0 Å². The van der Waals surface area contributed by atoms with Crippen LogP contribution in [-0.2, 0) is 14.4 Å². The maximum atomic E-state index is 11.4. The molecule has 0 bridgehead atoms. The molecule has 0 saturated carbocycles. The van der Waals surface area contributed by atoms with Gasteiger partial charge in [-0.25, -0.2) is 0 Å². The highest BCUT2D eigenvalue weighted by Crippen LogP contribution is 2.13. The van der Waals surface area contributed by atoms with Gasteiger partial charge in [-0.1, -0.05) is 0 Å². The van der Waals surface area contributed by atoms with E-state index in [2.05, 4.69) is 10.6 Å². The largest absolute Gasteiger partial charge is 0.481 e. The molecule has 0 aliphatic carbocycles. The summed E-state index contributed by atoms with van der Waals surface area (Å²) in [5, 5.41) is 13.5. The molecule has 1 unspecified atom stereocenters. The van der Waals surface area contributed by atoms with Crippen LogP contribution in [0.2, 0.25) is 0 Å². The zero-order valence-corrected chi connectivity index (χ0v) is 9.96. The fraction of sp³-hybridized carbons (Fsp3) is 0.700. The van der Waals surface area contributed by atoms with Crippen molar-refractivity contribution in [3.63, 3.8) is 0 Å². The molecule has 0 aliphatic rings. The van der Waals surface area contributed by atoms with Gasteiger partial charge in [0, 0.05) is 13.6 Å². The van der Waals surface area contributed by atoms with Crippen molar-refractivity contribution in [2.75, 3.05) is 13.6 Å². The molecule has 0 heterocycles. The second kappa shape index (κ2) is 5.48. The molecule has 92 valence electrons. The number of hydrogen-bond acceptors (Lipinski definition) is 3. The van der Waals surface area contributed by atoms with E-state index < -0.39 is 23.2 Å². The number of hydrogen-bond donors (Lipinski definition) is 3. The highest BCUT2D eigenvalue weighted by atomic mass is 16.4. The molecule has 1 atom stereocenters. The summed E-state index contributed by atoms with van der Waals surface area (Å²) in [4.78, 5) is 33.2. The van der Waals surface area contributed by atoms with E-state index in [4.69, 9.17) is 5.11 Å². The van der Waals surface area contributed by atoms with Gasteiger partial charge >= 0.3 is 5.97 Å². The van der Waals surface area contributed by atoms with Crippen LogP contribution in [0.3, 0.4) is 0 Å². The number of carbonyl (C=O) groups excluding carboxylic acids is 2. The van der Waals surface area contributed by atoms with Crippen LogP contribution in [0, 0.1) is 11.3 Å². The minimum Gasteiger partial charge on any atom is -0.481 e. The third-order valence-electron chi connectivity index (χ3n) is 2.31. The van der Waals surface area contributed by atoms with E-state index in [9.17, 15) is 14.4 Å². The first-order valence-corrected chi connectivity index (χ1v) is 4.95. The van der Waals surface area contributed by atoms with Gasteiger partial charge in [0.05, 0.1) is 5.41 Å². The molecule has 0 aromatic rings. The lowest BCUT2D eigenvalue weighted by atomic mass is 9.92. The van der Waals surface area contributed by atoms with Crippen molar-refractivity contribution in [1.29, 1.82) is 0 Å². The fourth-order valence-corrected chi connectivity index (χ4v) is 0.992. The summed E-state index contributed by atoms with van der Waals surface area (Å²) >= 11 is 0. The van der Waals surface area contributed by atoms with Crippen molar-refractivity contribution >= 4 is 17.8 Å². The van der Waals surface area contributed by atoms with Crippen LogP contribution < -0.4 is 10.6 Å². The minimum atomic E-state index is -1.18. The van der Waals surface area contributed by atoms with Crippen LogP contribution in [0.25, 0.3) is 0 Å². The van der Waals surface area contributed by atoms with Gasteiger partial charge in [-0.15, -0.1) is 0 Å². The third-order valence-corrected chi connectivity index (χ3v) is 2.31. The number of carboxylic acids is 1. The number of nitrogens with one attached hydrogen (secondary N) is 2. The van der Waals surface area contributed by atoms with Gasteiger partial charge in [0.15, 0.2) is 0 Å². The predicted octanol–water partition coefficient (Wildman–Crippen LogP) is -0.404. The molecule has 0 fully saturated rings. The Labute approximate surface area is 94.4 Å². The highest BCUT2D eigenvalue weighted by molar-refractivity contribution is 5.96. The van der Waals surface area contributed by atoms with Gasteiger partial charge < -0.3 is 15.7 Å². The Bertz CT molecular complexity index is 299. The topological polar surface area (TPSA) is 95.5 Å². The van der Waals surface area contributed by atoms with Crippen molar-refractivity contribution in [2.24, 2.45) is 11.3 Å². The van der Waals surface area contributed by atoms with Gasteiger partial charge in [0.2, 0.25) is 11.8 Å². The molecule has 16 heavy (non-hydrogen) atoms. The maximum Gasteiger partial charge on any atom is 0.315 e. The molecule has 0 spiro atoms. The summed E-state index contributed by atoms with van der Waals surface area (Å²) in [7, 11) is 1.51. The van der Waals surface area contributed by atoms with Gasteiger partial charge in [-0.2, -0.15) is 0 Å². The fourth-order valence-electron chi connectivity index (χ4n) is 0.992. The standard InChI is InChI=1S/C10H18N2O4/c1-6(8(14)15)7(13)12-5-10(2,3)9(16)11-4/h6H,5H2,1-4H3,(H,11,16)(H,12,13)(H,14,15). The average Bonchev–Trinajstić information content (AvgIpc) is 2.23. The van der Waals surface area contributed by atoms with Gasteiger partial charge in [0.1, 0.15) is 5.92 Å². The Morgan fingerprint density at radius 1 is 1.31 bits per heavy atom. The second-order valence-electron chi connectivity index (χ2n) is 4.24. The zero-order chi connectivity index (χ0) is 12.9. The van der Waals surface area contributed by atoms with Crippen LogP contribution in [0.5, 0.6) is 0 Å². The molecule has 0 aliphatic heterocycles. The molecular weight excluding hydrogens is 212 g/mol.